The van der Waals surface area contributed by atoms with Crippen molar-refractivity contribution in [2.45, 2.75) is 19.9 Å². The number of nitrogens with zero attached hydrogens (tertiary/aromatic N) is 3. The third-order valence-electron chi connectivity index (χ3n) is 1.17. The average molecular weight is 143 g/mol. The fourth-order valence-electron chi connectivity index (χ4n) is 0.726. The van der Waals surface area contributed by atoms with Gasteiger partial charge in [-0.3, -0.25) is 9.07 Å². The Morgan fingerprint density at radius 1 is 1.70 bits per heavy atom. The normalized spacial score (nSPS) is 10.2. The second-order valence-corrected chi connectivity index (χ2v) is 2.17. The Bertz CT molecular complexity index is 197. The second kappa shape index (κ2) is 3.29. The molecular formula is C6H10FN3. The molecule has 4 heteroatoms. The van der Waals surface area contributed by atoms with Crippen molar-refractivity contribution in [1.29, 1.82) is 0 Å². The first-order valence-electron chi connectivity index (χ1n) is 3.25. The van der Waals surface area contributed by atoms with Gasteiger partial charge in [0.1, 0.15) is 0 Å². The van der Waals surface area contributed by atoms with E-state index in [-0.39, 0.29) is 6.67 Å². The summed E-state index contributed by atoms with van der Waals surface area (Å²) >= 11 is 0. The molecule has 1 rings (SSSR count). The number of rotatable bonds is 3. The number of alkyl halides is 1. The third-order valence-corrected chi connectivity index (χ3v) is 1.17. The largest absolute Gasteiger partial charge is 0.252 e. The van der Waals surface area contributed by atoms with E-state index in [1.54, 1.807) is 10.9 Å². The average Bonchev–Trinajstić information content (AvgIpc) is 2.31. The molecule has 0 aliphatic carbocycles. The van der Waals surface area contributed by atoms with Gasteiger partial charge in [0.05, 0.1) is 12.4 Å². The summed E-state index contributed by atoms with van der Waals surface area (Å²) in [6.07, 6.45) is 2.32. The van der Waals surface area contributed by atoms with Crippen LogP contribution in [0.25, 0.3) is 0 Å². The number of halogens is 1. The van der Waals surface area contributed by atoms with Crippen LogP contribution in [0.15, 0.2) is 6.20 Å². The molecule has 1 heterocycles. The van der Waals surface area contributed by atoms with E-state index in [9.17, 15) is 4.39 Å². The lowest BCUT2D eigenvalue weighted by Crippen LogP contribution is -1.99. The summed E-state index contributed by atoms with van der Waals surface area (Å²) < 4.78 is 13.3. The Morgan fingerprint density at radius 3 is 3.00 bits per heavy atom. The highest BCUT2D eigenvalue weighted by Gasteiger charge is 1.93. The van der Waals surface area contributed by atoms with Crippen LogP contribution in [0.5, 0.6) is 0 Å². The first-order valence-corrected chi connectivity index (χ1v) is 3.25. The molecule has 0 bridgehead atoms. The molecule has 0 spiro atoms. The first-order chi connectivity index (χ1) is 4.83. The molecule has 56 valence electrons. The predicted molar refractivity (Wildman–Crippen MR) is 35.4 cm³/mol. The second-order valence-electron chi connectivity index (χ2n) is 2.17. The van der Waals surface area contributed by atoms with Crippen molar-refractivity contribution in [3.05, 3.63) is 11.9 Å². The summed E-state index contributed by atoms with van der Waals surface area (Å²) in [4.78, 5) is 0. The highest BCUT2D eigenvalue weighted by atomic mass is 19.1. The van der Waals surface area contributed by atoms with Crippen LogP contribution in [0.3, 0.4) is 0 Å². The first kappa shape index (κ1) is 7.18. The van der Waals surface area contributed by atoms with Gasteiger partial charge in [0.2, 0.25) is 0 Å². The SMILES string of the molecule is Cc1cn(CCCF)nn1. The van der Waals surface area contributed by atoms with Gasteiger partial charge in [0.25, 0.3) is 0 Å². The fourth-order valence-corrected chi connectivity index (χ4v) is 0.726. The summed E-state index contributed by atoms with van der Waals surface area (Å²) in [7, 11) is 0. The van der Waals surface area contributed by atoms with E-state index in [4.69, 9.17) is 0 Å². The molecule has 0 aromatic carbocycles. The zero-order chi connectivity index (χ0) is 7.40. The van der Waals surface area contributed by atoms with Gasteiger partial charge in [0.15, 0.2) is 0 Å². The van der Waals surface area contributed by atoms with Gasteiger partial charge in [-0.05, 0) is 13.3 Å². The van der Waals surface area contributed by atoms with Crippen LogP contribution in [-0.2, 0) is 6.54 Å². The fraction of sp³-hybridized carbons (Fsp3) is 0.667. The molecule has 1 aromatic heterocycles. The van der Waals surface area contributed by atoms with Crippen molar-refractivity contribution in [1.82, 2.24) is 15.0 Å². The summed E-state index contributed by atoms with van der Waals surface area (Å²) in [5, 5.41) is 7.51. The lowest BCUT2D eigenvalue weighted by Gasteiger charge is -1.93. The highest BCUT2D eigenvalue weighted by molar-refractivity contribution is 4.86. The van der Waals surface area contributed by atoms with Gasteiger partial charge in [0, 0.05) is 12.7 Å². The van der Waals surface area contributed by atoms with E-state index in [0.717, 1.165) is 5.69 Å². The van der Waals surface area contributed by atoms with Crippen LogP contribution in [-0.4, -0.2) is 21.7 Å². The molecule has 1 aromatic rings. The molecule has 3 nitrogen and oxygen atoms in total. The summed E-state index contributed by atoms with van der Waals surface area (Å²) in [6, 6.07) is 0. The molecule has 0 fully saturated rings. The summed E-state index contributed by atoms with van der Waals surface area (Å²) in [6.45, 7) is 2.19. The van der Waals surface area contributed by atoms with Crippen LogP contribution in [0.2, 0.25) is 0 Å². The lowest BCUT2D eigenvalue weighted by molar-refractivity contribution is 0.431. The van der Waals surface area contributed by atoms with E-state index in [2.05, 4.69) is 10.3 Å². The van der Waals surface area contributed by atoms with Gasteiger partial charge < -0.3 is 0 Å². The number of hydrogen-bond acceptors (Lipinski definition) is 2. The highest BCUT2D eigenvalue weighted by Crippen LogP contribution is 1.91. The standard InChI is InChI=1S/C6H10FN3/c1-6-5-10(9-8-6)4-2-3-7/h5H,2-4H2,1H3. The smallest absolute Gasteiger partial charge is 0.0912 e. The molecule has 0 aliphatic heterocycles. The van der Waals surface area contributed by atoms with Crippen molar-refractivity contribution in [2.24, 2.45) is 0 Å². The third kappa shape index (κ3) is 1.79. The van der Waals surface area contributed by atoms with Crippen LogP contribution in [0.4, 0.5) is 4.39 Å². The molecule has 10 heavy (non-hydrogen) atoms. The lowest BCUT2D eigenvalue weighted by atomic mass is 10.5. The van der Waals surface area contributed by atoms with E-state index in [0.29, 0.717) is 13.0 Å². The van der Waals surface area contributed by atoms with Crippen LogP contribution in [0, 0.1) is 6.92 Å². The van der Waals surface area contributed by atoms with Crippen LogP contribution < -0.4 is 0 Å². The van der Waals surface area contributed by atoms with E-state index in [1.165, 1.54) is 0 Å². The molecule has 0 saturated carbocycles. The van der Waals surface area contributed by atoms with Gasteiger partial charge in [-0.25, -0.2) is 0 Å². The minimum absolute atomic E-state index is 0.293. The number of hydrogen-bond donors (Lipinski definition) is 0. The maximum absolute atomic E-state index is 11.6. The predicted octanol–water partition coefficient (Wildman–Crippen LogP) is 0.946. The molecule has 0 N–H and O–H groups in total. The molecule has 0 aliphatic rings. The van der Waals surface area contributed by atoms with Gasteiger partial charge in [-0.1, -0.05) is 5.21 Å². The molecule has 0 amide bonds. The zero-order valence-electron chi connectivity index (χ0n) is 5.92. The number of aromatic nitrogens is 3. The Labute approximate surface area is 58.9 Å². The number of aryl methyl sites for hydroxylation is 2. The summed E-state index contributed by atoms with van der Waals surface area (Å²) in [5.41, 5.74) is 0.874. The molecule has 0 radical (unpaired) electrons. The molecular weight excluding hydrogens is 133 g/mol. The van der Waals surface area contributed by atoms with Crippen molar-refractivity contribution in [3.63, 3.8) is 0 Å². The topological polar surface area (TPSA) is 30.7 Å². The summed E-state index contributed by atoms with van der Waals surface area (Å²) in [5.74, 6) is 0. The van der Waals surface area contributed by atoms with Crippen molar-refractivity contribution in [2.75, 3.05) is 6.67 Å². The van der Waals surface area contributed by atoms with E-state index >= 15 is 0 Å². The van der Waals surface area contributed by atoms with E-state index < -0.39 is 0 Å². The quantitative estimate of drug-likeness (QED) is 0.630. The zero-order valence-corrected chi connectivity index (χ0v) is 5.92. The van der Waals surface area contributed by atoms with Gasteiger partial charge in [-0.2, -0.15) is 0 Å². The van der Waals surface area contributed by atoms with Crippen molar-refractivity contribution in [3.8, 4) is 0 Å². The molecule has 0 saturated heterocycles. The minimum Gasteiger partial charge on any atom is -0.252 e. The molecule has 0 unspecified atom stereocenters. The van der Waals surface area contributed by atoms with Crippen LogP contribution in [0.1, 0.15) is 12.1 Å². The van der Waals surface area contributed by atoms with Crippen molar-refractivity contribution < 1.29 is 4.39 Å². The minimum atomic E-state index is -0.293. The van der Waals surface area contributed by atoms with Crippen molar-refractivity contribution >= 4 is 0 Å². The Balaban J connectivity index is 2.42. The Kier molecular flexibility index (Phi) is 2.36. The Morgan fingerprint density at radius 2 is 2.50 bits per heavy atom. The molecule has 0 atom stereocenters. The van der Waals surface area contributed by atoms with Crippen LogP contribution >= 0.6 is 0 Å². The van der Waals surface area contributed by atoms with Gasteiger partial charge >= 0.3 is 0 Å². The van der Waals surface area contributed by atoms with E-state index in [1.807, 2.05) is 6.92 Å². The maximum atomic E-state index is 11.6. The monoisotopic (exact) mass is 143 g/mol. The van der Waals surface area contributed by atoms with Gasteiger partial charge in [-0.15, -0.1) is 5.10 Å². The Hall–Kier alpha value is -0.930. The maximum Gasteiger partial charge on any atom is 0.0912 e.